The molecule has 47 heavy (non-hydrogen) atoms. The van der Waals surface area contributed by atoms with E-state index in [9.17, 15) is 39.9 Å². The molecular weight excluding hydrogens is 634 g/mol. The van der Waals surface area contributed by atoms with Gasteiger partial charge in [0.25, 0.3) is 0 Å². The van der Waals surface area contributed by atoms with E-state index in [1.165, 1.54) is 25.3 Å². The molecule has 1 heterocycles. The van der Waals surface area contributed by atoms with Crippen LogP contribution in [0.2, 0.25) is 0 Å². The molecule has 1 fully saturated rings. The number of hydrogen-bond donors (Lipinski definition) is 6. The number of ether oxygens (including phenoxy) is 3. The van der Waals surface area contributed by atoms with Crippen LogP contribution in [0.3, 0.4) is 0 Å². The summed E-state index contributed by atoms with van der Waals surface area (Å²) < 4.78 is 17.5. The minimum Gasteiger partial charge on any atom is -0.507 e. The molecule has 0 saturated carbocycles. The van der Waals surface area contributed by atoms with Gasteiger partial charge in [-0.25, -0.2) is 0 Å². The van der Waals surface area contributed by atoms with Crippen molar-refractivity contribution in [3.05, 3.63) is 87.5 Å². The molecule has 1 saturated heterocycles. The Morgan fingerprint density at radius 1 is 1.02 bits per heavy atom. The summed E-state index contributed by atoms with van der Waals surface area (Å²) in [7, 11) is 1.33. The van der Waals surface area contributed by atoms with Gasteiger partial charge in [-0.3, -0.25) is 14.4 Å². The molecule has 3 aliphatic rings. The lowest BCUT2D eigenvalue weighted by Gasteiger charge is -2.43. The maximum Gasteiger partial charge on any atom is 0.202 e. The number of hydrogen-bond acceptors (Lipinski definition) is 12. The van der Waals surface area contributed by atoms with Gasteiger partial charge in [-0.1, -0.05) is 42.5 Å². The van der Waals surface area contributed by atoms with Crippen LogP contribution < -0.4 is 10.1 Å². The van der Waals surface area contributed by atoms with Crippen LogP contribution in [0.15, 0.2) is 48.5 Å². The summed E-state index contributed by atoms with van der Waals surface area (Å²) in [6.45, 7) is 1.09. The number of phenols is 2. The summed E-state index contributed by atoms with van der Waals surface area (Å²) in [5, 5.41) is 58.5. The number of aromatic hydroxyl groups is 2. The van der Waals surface area contributed by atoms with Gasteiger partial charge in [0.2, 0.25) is 5.78 Å². The predicted molar refractivity (Wildman–Crippen MR) is 168 cm³/mol. The number of benzene rings is 3. The highest BCUT2D eigenvalue weighted by atomic mass is 35.5. The predicted octanol–water partition coefficient (Wildman–Crippen LogP) is 2.25. The van der Waals surface area contributed by atoms with Crippen molar-refractivity contribution >= 4 is 29.8 Å². The van der Waals surface area contributed by atoms with Gasteiger partial charge in [-0.15, -0.1) is 12.4 Å². The molecule has 6 atom stereocenters. The van der Waals surface area contributed by atoms with Crippen molar-refractivity contribution in [2.24, 2.45) is 0 Å². The van der Waals surface area contributed by atoms with Gasteiger partial charge in [0.1, 0.15) is 29.5 Å². The lowest BCUT2D eigenvalue weighted by molar-refractivity contribution is -0.250. The number of carbonyl (C=O) groups is 3. The van der Waals surface area contributed by atoms with Crippen LogP contribution >= 0.6 is 12.4 Å². The number of rotatable bonds is 8. The summed E-state index contributed by atoms with van der Waals surface area (Å²) in [6, 6.07) is 13.5. The lowest BCUT2D eigenvalue weighted by atomic mass is 9.72. The Labute approximate surface area is 276 Å². The fourth-order valence-corrected chi connectivity index (χ4v) is 6.76. The number of Topliss-reactive ketones (excluding diaryl/α,β-unsaturated/α-hetero) is 1. The molecule has 250 valence electrons. The van der Waals surface area contributed by atoms with Crippen LogP contribution in [0, 0.1) is 0 Å². The van der Waals surface area contributed by atoms with Crippen LogP contribution in [0.1, 0.15) is 74.4 Å². The van der Waals surface area contributed by atoms with Crippen molar-refractivity contribution in [1.29, 1.82) is 0 Å². The Balaban J connectivity index is 0.00000433. The Hall–Kier alpha value is -3.88. The van der Waals surface area contributed by atoms with Gasteiger partial charge in [0.15, 0.2) is 17.9 Å². The van der Waals surface area contributed by atoms with Crippen LogP contribution in [-0.4, -0.2) is 86.7 Å². The van der Waals surface area contributed by atoms with E-state index < -0.39 is 95.7 Å². The number of carbonyl (C=O) groups excluding carboxylic acids is 3. The van der Waals surface area contributed by atoms with E-state index in [4.69, 9.17) is 14.2 Å². The number of nitrogens with one attached hydrogen (secondary N) is 1. The topological polar surface area (TPSA) is 192 Å². The van der Waals surface area contributed by atoms with Crippen LogP contribution in [0.5, 0.6) is 17.2 Å². The number of fused-ring (bicyclic) bond motifs is 3. The van der Waals surface area contributed by atoms with Crippen molar-refractivity contribution in [3.63, 3.8) is 0 Å². The summed E-state index contributed by atoms with van der Waals surface area (Å²) in [4.78, 5) is 40.3. The van der Waals surface area contributed by atoms with E-state index in [1.54, 1.807) is 6.92 Å². The highest BCUT2D eigenvalue weighted by molar-refractivity contribution is 6.31. The molecule has 0 aromatic heterocycles. The monoisotopic (exact) mass is 669 g/mol. The largest absolute Gasteiger partial charge is 0.507 e. The minimum atomic E-state index is -2.25. The van der Waals surface area contributed by atoms with Crippen LogP contribution in [0.25, 0.3) is 0 Å². The molecular formula is C34H36ClNO11. The highest BCUT2D eigenvalue weighted by Gasteiger charge is 2.50. The normalized spacial score (nSPS) is 26.4. The van der Waals surface area contributed by atoms with Crippen molar-refractivity contribution in [2.75, 3.05) is 13.7 Å². The van der Waals surface area contributed by atoms with Crippen molar-refractivity contribution < 1.29 is 54.1 Å². The average Bonchev–Trinajstić information content (AvgIpc) is 3.05. The molecule has 2 aliphatic carbocycles. The van der Waals surface area contributed by atoms with E-state index in [0.717, 1.165) is 5.56 Å². The standard InChI is InChI=1S/C34H35NO11.ClH/c1-16-29(38)20(35-14-17-7-4-3-5-8-17)11-24(45-16)46-22-13-34(43,23(37)15-36)12-19-26(22)33(42)28-27(31(19)40)30(39)18-9-6-10-21(44-2)25(18)32(28)41;/h3-10,16,20,22,24,29,35-36,38,40,42-43H,11-15H2,1-2H3;1H/t16?,20?,22-,24?,29?,34-;/m0./s1. The summed E-state index contributed by atoms with van der Waals surface area (Å²) in [5.74, 6) is -3.72. The van der Waals surface area contributed by atoms with Gasteiger partial charge >= 0.3 is 0 Å². The second-order valence-electron chi connectivity index (χ2n) is 12.0. The van der Waals surface area contributed by atoms with Gasteiger partial charge in [-0.2, -0.15) is 0 Å². The van der Waals surface area contributed by atoms with Gasteiger partial charge < -0.3 is 45.1 Å². The molecule has 12 nitrogen and oxygen atoms in total. The Morgan fingerprint density at radius 3 is 2.40 bits per heavy atom. The second kappa shape index (κ2) is 13.3. The average molecular weight is 670 g/mol. The molecule has 6 N–H and O–H groups in total. The number of halogens is 1. The second-order valence-corrected chi connectivity index (χ2v) is 12.0. The first kappa shape index (κ1) is 34.5. The molecule has 0 spiro atoms. The van der Waals surface area contributed by atoms with E-state index in [1.807, 2.05) is 30.3 Å². The first-order valence-electron chi connectivity index (χ1n) is 15.0. The van der Waals surface area contributed by atoms with Crippen molar-refractivity contribution in [2.45, 2.75) is 69.0 Å². The fraction of sp³-hybridized carbons (Fsp3) is 0.382. The zero-order chi connectivity index (χ0) is 32.9. The zero-order valence-electron chi connectivity index (χ0n) is 25.6. The van der Waals surface area contributed by atoms with E-state index >= 15 is 0 Å². The van der Waals surface area contributed by atoms with Gasteiger partial charge in [-0.05, 0) is 18.6 Å². The molecule has 3 aromatic carbocycles. The Kier molecular flexibility index (Phi) is 9.76. The quantitative estimate of drug-likeness (QED) is 0.150. The number of phenolic OH excluding ortho intramolecular Hbond substituents is 2. The number of aliphatic hydroxyl groups is 3. The van der Waals surface area contributed by atoms with E-state index in [0.29, 0.717) is 6.54 Å². The Morgan fingerprint density at radius 2 is 1.72 bits per heavy atom. The fourth-order valence-electron chi connectivity index (χ4n) is 6.76. The SMILES string of the molecule is COc1cccc2c1C(=O)c1c(O)c3c(c(O)c1C2=O)C[C@@](O)(C(=O)CO)C[C@@H]3OC1CC(NCc2ccccc2)C(O)C(C)O1.Cl. The molecule has 0 bridgehead atoms. The summed E-state index contributed by atoms with van der Waals surface area (Å²) in [6.07, 6.45) is -4.90. The summed E-state index contributed by atoms with van der Waals surface area (Å²) >= 11 is 0. The number of methoxy groups -OCH3 is 1. The van der Waals surface area contributed by atoms with Crippen molar-refractivity contribution in [3.8, 4) is 17.2 Å². The molecule has 13 heteroatoms. The van der Waals surface area contributed by atoms with Crippen LogP contribution in [-0.2, 0) is 27.2 Å². The third-order valence-electron chi connectivity index (χ3n) is 9.17. The van der Waals surface area contributed by atoms with Gasteiger partial charge in [0.05, 0.1) is 42.1 Å². The van der Waals surface area contributed by atoms with E-state index in [2.05, 4.69) is 5.32 Å². The molecule has 0 radical (unpaired) electrons. The zero-order valence-corrected chi connectivity index (χ0v) is 26.5. The number of aliphatic hydroxyl groups excluding tert-OH is 2. The molecule has 3 aromatic rings. The van der Waals surface area contributed by atoms with E-state index in [-0.39, 0.29) is 46.8 Å². The third-order valence-corrected chi connectivity index (χ3v) is 9.17. The minimum absolute atomic E-state index is 0. The maximum absolute atomic E-state index is 13.8. The highest BCUT2D eigenvalue weighted by Crippen LogP contribution is 2.52. The molecule has 0 amide bonds. The van der Waals surface area contributed by atoms with Crippen molar-refractivity contribution in [1.82, 2.24) is 5.32 Å². The van der Waals surface area contributed by atoms with Gasteiger partial charge in [0, 0.05) is 48.5 Å². The lowest BCUT2D eigenvalue weighted by Crippen LogP contribution is -2.54. The third kappa shape index (κ3) is 5.91. The molecule has 6 rings (SSSR count). The smallest absolute Gasteiger partial charge is 0.202 e. The first-order valence-corrected chi connectivity index (χ1v) is 15.0. The first-order chi connectivity index (χ1) is 22.0. The number of ketones is 3. The Bertz CT molecular complexity index is 1710. The summed E-state index contributed by atoms with van der Waals surface area (Å²) in [5.41, 5.74) is -2.59. The molecule has 4 unspecified atom stereocenters. The maximum atomic E-state index is 13.8. The van der Waals surface area contributed by atoms with Crippen LogP contribution in [0.4, 0.5) is 0 Å². The molecule has 1 aliphatic heterocycles.